The van der Waals surface area contributed by atoms with Crippen molar-refractivity contribution in [3.05, 3.63) is 11.4 Å². The topological polar surface area (TPSA) is 64.3 Å². The molecule has 3 rings (SSSR count). The SMILES string of the molecule is CCC1CN(c2nc(N)nc3sccc23)CCO1. The van der Waals surface area contributed by atoms with Gasteiger partial charge in [0.15, 0.2) is 0 Å². The van der Waals surface area contributed by atoms with Gasteiger partial charge in [0.1, 0.15) is 10.6 Å². The Kier molecular flexibility index (Phi) is 3.05. The zero-order valence-electron chi connectivity index (χ0n) is 10.3. The third-order valence-electron chi connectivity index (χ3n) is 3.22. The van der Waals surface area contributed by atoms with Gasteiger partial charge in [0.25, 0.3) is 0 Å². The van der Waals surface area contributed by atoms with Gasteiger partial charge in [-0.2, -0.15) is 4.98 Å². The molecule has 0 aromatic carbocycles. The van der Waals surface area contributed by atoms with E-state index in [2.05, 4.69) is 27.9 Å². The van der Waals surface area contributed by atoms with E-state index in [1.165, 1.54) is 0 Å². The molecule has 0 spiro atoms. The fourth-order valence-electron chi connectivity index (χ4n) is 2.26. The van der Waals surface area contributed by atoms with Crippen LogP contribution >= 0.6 is 11.3 Å². The van der Waals surface area contributed by atoms with Crippen LogP contribution in [0.15, 0.2) is 11.4 Å². The Morgan fingerprint density at radius 1 is 1.56 bits per heavy atom. The smallest absolute Gasteiger partial charge is 0.223 e. The van der Waals surface area contributed by atoms with E-state index >= 15 is 0 Å². The number of ether oxygens (including phenoxy) is 1. The molecular formula is C12H16N4OS. The average Bonchev–Trinajstić information content (AvgIpc) is 2.85. The molecule has 2 N–H and O–H groups in total. The first-order valence-electron chi connectivity index (χ1n) is 6.15. The molecule has 1 fully saturated rings. The lowest BCUT2D eigenvalue weighted by molar-refractivity contribution is 0.0383. The molecule has 0 bridgehead atoms. The summed E-state index contributed by atoms with van der Waals surface area (Å²) in [5.74, 6) is 1.29. The van der Waals surface area contributed by atoms with Crippen LogP contribution in [0, 0.1) is 0 Å². The Morgan fingerprint density at radius 3 is 3.28 bits per heavy atom. The number of nitrogens with zero attached hydrogens (tertiary/aromatic N) is 3. The van der Waals surface area contributed by atoms with E-state index in [1.54, 1.807) is 11.3 Å². The minimum atomic E-state index is 0.281. The molecule has 1 unspecified atom stereocenters. The highest BCUT2D eigenvalue weighted by molar-refractivity contribution is 7.16. The summed E-state index contributed by atoms with van der Waals surface area (Å²) in [5, 5.41) is 3.12. The van der Waals surface area contributed by atoms with E-state index in [0.29, 0.717) is 5.95 Å². The number of hydrogen-bond donors (Lipinski definition) is 1. The fraction of sp³-hybridized carbons (Fsp3) is 0.500. The van der Waals surface area contributed by atoms with Gasteiger partial charge in [-0.3, -0.25) is 0 Å². The van der Waals surface area contributed by atoms with Crippen LogP contribution in [-0.2, 0) is 4.74 Å². The molecule has 2 aromatic heterocycles. The number of rotatable bonds is 2. The Hall–Kier alpha value is -1.40. The van der Waals surface area contributed by atoms with E-state index < -0.39 is 0 Å². The van der Waals surface area contributed by atoms with E-state index in [1.807, 2.05) is 5.38 Å². The summed E-state index contributed by atoms with van der Waals surface area (Å²) in [6.07, 6.45) is 1.30. The van der Waals surface area contributed by atoms with Crippen molar-refractivity contribution in [2.45, 2.75) is 19.4 Å². The van der Waals surface area contributed by atoms with Crippen molar-refractivity contribution < 1.29 is 4.74 Å². The lowest BCUT2D eigenvalue weighted by Gasteiger charge is -2.33. The number of aromatic nitrogens is 2. The Labute approximate surface area is 110 Å². The van der Waals surface area contributed by atoms with Crippen molar-refractivity contribution >= 4 is 33.3 Å². The molecule has 0 amide bonds. The molecule has 1 aliphatic rings. The predicted octanol–water partition coefficient (Wildman–Crippen LogP) is 1.89. The quantitative estimate of drug-likeness (QED) is 0.897. The van der Waals surface area contributed by atoms with Crippen LogP contribution in [-0.4, -0.2) is 35.8 Å². The second-order valence-electron chi connectivity index (χ2n) is 4.39. The summed E-state index contributed by atoms with van der Waals surface area (Å²) in [4.78, 5) is 11.9. The Bertz CT molecular complexity index is 556. The van der Waals surface area contributed by atoms with Gasteiger partial charge >= 0.3 is 0 Å². The molecule has 5 nitrogen and oxygen atoms in total. The van der Waals surface area contributed by atoms with E-state index in [-0.39, 0.29) is 6.10 Å². The van der Waals surface area contributed by atoms with Crippen molar-refractivity contribution in [1.82, 2.24) is 9.97 Å². The standard InChI is InChI=1S/C12H16N4OS/c1-2-8-7-16(4-5-17-8)10-9-3-6-18-11(9)15-12(13)14-10/h3,6,8H,2,4-5,7H2,1H3,(H2,13,14,15). The van der Waals surface area contributed by atoms with Crippen LogP contribution in [0.25, 0.3) is 10.2 Å². The van der Waals surface area contributed by atoms with Gasteiger partial charge in [0, 0.05) is 13.1 Å². The first-order valence-corrected chi connectivity index (χ1v) is 7.03. The summed E-state index contributed by atoms with van der Waals surface area (Å²) in [6.45, 7) is 4.62. The third kappa shape index (κ3) is 2.02. The molecule has 0 saturated carbocycles. The van der Waals surface area contributed by atoms with Gasteiger partial charge in [-0.15, -0.1) is 11.3 Å². The maximum Gasteiger partial charge on any atom is 0.223 e. The normalized spacial score (nSPS) is 20.5. The van der Waals surface area contributed by atoms with Crippen LogP contribution in [0.2, 0.25) is 0 Å². The highest BCUT2D eigenvalue weighted by Gasteiger charge is 2.22. The molecule has 0 radical (unpaired) electrons. The van der Waals surface area contributed by atoms with Crippen LogP contribution < -0.4 is 10.6 Å². The predicted molar refractivity (Wildman–Crippen MR) is 74.1 cm³/mol. The molecule has 1 aliphatic heterocycles. The van der Waals surface area contributed by atoms with Gasteiger partial charge in [0.05, 0.1) is 18.1 Å². The first kappa shape index (κ1) is 11.7. The lowest BCUT2D eigenvalue weighted by Crippen LogP contribution is -2.42. The van der Waals surface area contributed by atoms with Gasteiger partial charge in [-0.05, 0) is 17.9 Å². The maximum atomic E-state index is 5.78. The molecule has 18 heavy (non-hydrogen) atoms. The fourth-order valence-corrected chi connectivity index (χ4v) is 3.02. The molecule has 6 heteroatoms. The molecular weight excluding hydrogens is 248 g/mol. The first-order chi connectivity index (χ1) is 8.78. The van der Waals surface area contributed by atoms with Crippen LogP contribution in [0.1, 0.15) is 13.3 Å². The third-order valence-corrected chi connectivity index (χ3v) is 4.02. The van der Waals surface area contributed by atoms with Crippen LogP contribution in [0.3, 0.4) is 0 Å². The van der Waals surface area contributed by atoms with Crippen LogP contribution in [0.4, 0.5) is 11.8 Å². The second kappa shape index (κ2) is 4.70. The Morgan fingerprint density at radius 2 is 2.44 bits per heavy atom. The van der Waals surface area contributed by atoms with E-state index in [4.69, 9.17) is 10.5 Å². The van der Waals surface area contributed by atoms with Gasteiger partial charge in [0.2, 0.25) is 5.95 Å². The molecule has 1 atom stereocenters. The zero-order valence-corrected chi connectivity index (χ0v) is 11.1. The largest absolute Gasteiger partial charge is 0.375 e. The number of hydrogen-bond acceptors (Lipinski definition) is 6. The Balaban J connectivity index is 2.00. The molecule has 2 aromatic rings. The molecule has 3 heterocycles. The monoisotopic (exact) mass is 264 g/mol. The number of nitrogen functional groups attached to an aromatic ring is 1. The maximum absolute atomic E-state index is 5.78. The van der Waals surface area contributed by atoms with Crippen molar-refractivity contribution in [1.29, 1.82) is 0 Å². The number of morpholine rings is 1. The molecule has 96 valence electrons. The molecule has 0 aliphatic carbocycles. The zero-order chi connectivity index (χ0) is 12.5. The van der Waals surface area contributed by atoms with Crippen molar-refractivity contribution in [3.8, 4) is 0 Å². The number of fused-ring (bicyclic) bond motifs is 1. The summed E-state index contributed by atoms with van der Waals surface area (Å²) >= 11 is 1.60. The van der Waals surface area contributed by atoms with Crippen molar-refractivity contribution in [2.75, 3.05) is 30.3 Å². The second-order valence-corrected chi connectivity index (χ2v) is 5.29. The van der Waals surface area contributed by atoms with Crippen molar-refractivity contribution in [3.63, 3.8) is 0 Å². The lowest BCUT2D eigenvalue weighted by atomic mass is 10.2. The van der Waals surface area contributed by atoms with Gasteiger partial charge in [-0.25, -0.2) is 4.98 Å². The number of anilines is 2. The summed E-state index contributed by atoms with van der Waals surface area (Å²) in [7, 11) is 0. The number of nitrogens with two attached hydrogens (primary N) is 1. The summed E-state index contributed by atoms with van der Waals surface area (Å²) in [6, 6.07) is 2.06. The highest BCUT2D eigenvalue weighted by Crippen LogP contribution is 2.29. The van der Waals surface area contributed by atoms with Crippen LogP contribution in [0.5, 0.6) is 0 Å². The highest BCUT2D eigenvalue weighted by atomic mass is 32.1. The molecule has 1 saturated heterocycles. The van der Waals surface area contributed by atoms with E-state index in [0.717, 1.165) is 42.2 Å². The average molecular weight is 264 g/mol. The summed E-state index contributed by atoms with van der Waals surface area (Å²) < 4.78 is 5.69. The summed E-state index contributed by atoms with van der Waals surface area (Å²) in [5.41, 5.74) is 5.78. The van der Waals surface area contributed by atoms with Gasteiger partial charge in [-0.1, -0.05) is 6.92 Å². The number of thiophene rings is 1. The van der Waals surface area contributed by atoms with E-state index in [9.17, 15) is 0 Å². The van der Waals surface area contributed by atoms with Gasteiger partial charge < -0.3 is 15.4 Å². The minimum Gasteiger partial charge on any atom is -0.375 e. The van der Waals surface area contributed by atoms with Crippen molar-refractivity contribution in [2.24, 2.45) is 0 Å². The minimum absolute atomic E-state index is 0.281.